The van der Waals surface area contributed by atoms with Gasteiger partial charge in [-0.1, -0.05) is 17.7 Å². The maximum absolute atomic E-state index is 11.9. The first-order chi connectivity index (χ1) is 10.7. The molecule has 0 bridgehead atoms. The number of aromatic nitrogens is 2. The molecule has 7 heteroatoms. The van der Waals surface area contributed by atoms with Gasteiger partial charge in [0.1, 0.15) is 0 Å². The number of anilines is 1. The molecule has 0 saturated heterocycles. The third kappa shape index (κ3) is 3.72. The summed E-state index contributed by atoms with van der Waals surface area (Å²) in [7, 11) is 0. The van der Waals surface area contributed by atoms with E-state index in [0.717, 1.165) is 5.56 Å². The lowest BCUT2D eigenvalue weighted by molar-refractivity contribution is -0.116. The molecule has 0 spiro atoms. The minimum atomic E-state index is -0.127. The van der Waals surface area contributed by atoms with Crippen LogP contribution in [-0.4, -0.2) is 16.1 Å². The summed E-state index contributed by atoms with van der Waals surface area (Å²) in [6.45, 7) is 0. The van der Waals surface area contributed by atoms with Crippen molar-refractivity contribution in [3.63, 3.8) is 0 Å². The molecule has 3 rings (SSSR count). The summed E-state index contributed by atoms with van der Waals surface area (Å²) in [5, 5.41) is 15.2. The van der Waals surface area contributed by atoms with E-state index in [4.69, 9.17) is 16.0 Å². The van der Waals surface area contributed by atoms with Gasteiger partial charge in [-0.25, -0.2) is 0 Å². The number of carbonyl (C=O) groups excluding carboxylic acids is 1. The first kappa shape index (κ1) is 14.7. The van der Waals surface area contributed by atoms with Gasteiger partial charge in [-0.15, -0.1) is 10.2 Å². The first-order valence-electron chi connectivity index (χ1n) is 6.61. The Labute approximate surface area is 135 Å². The van der Waals surface area contributed by atoms with Crippen LogP contribution < -0.4 is 5.32 Å². The van der Waals surface area contributed by atoms with Gasteiger partial charge in [-0.05, 0) is 29.6 Å². The normalized spacial score (nSPS) is 10.6. The van der Waals surface area contributed by atoms with Crippen molar-refractivity contribution in [2.45, 2.75) is 12.8 Å². The largest absolute Gasteiger partial charge is 0.421 e. The topological polar surface area (TPSA) is 68.0 Å². The highest BCUT2D eigenvalue weighted by atomic mass is 35.5. The third-order valence-corrected chi connectivity index (χ3v) is 3.83. The van der Waals surface area contributed by atoms with Crippen molar-refractivity contribution in [2.75, 3.05) is 5.32 Å². The fourth-order valence-corrected chi connectivity index (χ4v) is 2.69. The predicted octanol–water partition coefficient (Wildman–Crippen LogP) is 4.02. The van der Waals surface area contributed by atoms with Gasteiger partial charge in [0.05, 0.1) is 0 Å². The Kier molecular flexibility index (Phi) is 4.50. The molecule has 1 N–H and O–H groups in total. The van der Waals surface area contributed by atoms with E-state index in [1.807, 2.05) is 16.8 Å². The quantitative estimate of drug-likeness (QED) is 0.765. The van der Waals surface area contributed by atoms with E-state index in [0.29, 0.717) is 28.9 Å². The maximum Gasteiger partial charge on any atom is 0.248 e. The molecule has 22 heavy (non-hydrogen) atoms. The number of benzene rings is 1. The van der Waals surface area contributed by atoms with Gasteiger partial charge < -0.3 is 9.73 Å². The number of halogens is 1. The van der Waals surface area contributed by atoms with Crippen molar-refractivity contribution in [1.29, 1.82) is 0 Å². The maximum atomic E-state index is 11.9. The molecule has 0 aliphatic carbocycles. The van der Waals surface area contributed by atoms with Crippen LogP contribution in [0.3, 0.4) is 0 Å². The van der Waals surface area contributed by atoms with Crippen LogP contribution in [0.25, 0.3) is 11.5 Å². The zero-order valence-electron chi connectivity index (χ0n) is 11.5. The molecule has 0 unspecified atom stereocenters. The number of thiophene rings is 1. The molecule has 1 amide bonds. The predicted molar refractivity (Wildman–Crippen MR) is 86.0 cm³/mol. The minimum Gasteiger partial charge on any atom is -0.421 e. The second-order valence-corrected chi connectivity index (χ2v) is 5.79. The summed E-state index contributed by atoms with van der Waals surface area (Å²) in [6.07, 6.45) is 0.654. The van der Waals surface area contributed by atoms with E-state index < -0.39 is 0 Å². The van der Waals surface area contributed by atoms with Crippen LogP contribution in [0.5, 0.6) is 0 Å². The van der Waals surface area contributed by atoms with E-state index in [9.17, 15) is 4.79 Å². The highest BCUT2D eigenvalue weighted by Gasteiger charge is 2.11. The van der Waals surface area contributed by atoms with Gasteiger partial charge >= 0.3 is 0 Å². The molecule has 5 nitrogen and oxygen atoms in total. The van der Waals surface area contributed by atoms with Gasteiger partial charge in [0.2, 0.25) is 17.7 Å². The van der Waals surface area contributed by atoms with E-state index in [1.54, 1.807) is 35.6 Å². The summed E-state index contributed by atoms with van der Waals surface area (Å²) >= 11 is 7.43. The number of carbonyl (C=O) groups is 1. The number of aryl methyl sites for hydroxylation is 1. The van der Waals surface area contributed by atoms with Crippen molar-refractivity contribution < 1.29 is 9.21 Å². The van der Waals surface area contributed by atoms with E-state index >= 15 is 0 Å². The van der Waals surface area contributed by atoms with Crippen LogP contribution in [0, 0.1) is 0 Å². The van der Waals surface area contributed by atoms with Gasteiger partial charge in [0.25, 0.3) is 0 Å². The Balaban J connectivity index is 1.55. The molecule has 2 aromatic heterocycles. The lowest BCUT2D eigenvalue weighted by atomic mass is 10.2. The first-order valence-corrected chi connectivity index (χ1v) is 7.93. The molecular formula is C15H12ClN3O2S. The Hall–Kier alpha value is -2.18. The molecule has 3 aromatic rings. The standard InChI is InChI=1S/C15H12ClN3O2S/c16-11-2-1-3-12(8-11)17-13(20)4-5-14-18-19-15(21-14)10-6-7-22-9-10/h1-3,6-9H,4-5H2,(H,17,20). The lowest BCUT2D eigenvalue weighted by Crippen LogP contribution is -2.12. The number of amides is 1. The van der Waals surface area contributed by atoms with Crippen LogP contribution in [0.2, 0.25) is 5.02 Å². The average Bonchev–Trinajstić information content (AvgIpc) is 3.16. The van der Waals surface area contributed by atoms with Crippen molar-refractivity contribution in [2.24, 2.45) is 0 Å². The van der Waals surface area contributed by atoms with Gasteiger partial charge in [-0.3, -0.25) is 4.79 Å². The van der Waals surface area contributed by atoms with E-state index in [-0.39, 0.29) is 12.3 Å². The monoisotopic (exact) mass is 333 g/mol. The Morgan fingerprint density at radius 3 is 3.00 bits per heavy atom. The molecule has 1 aromatic carbocycles. The number of nitrogens with one attached hydrogen (secondary N) is 1. The average molecular weight is 334 g/mol. The Bertz CT molecular complexity index is 771. The lowest BCUT2D eigenvalue weighted by Gasteiger charge is -2.04. The van der Waals surface area contributed by atoms with Crippen LogP contribution in [0.1, 0.15) is 12.3 Å². The fourth-order valence-electron chi connectivity index (χ4n) is 1.87. The van der Waals surface area contributed by atoms with Crippen LogP contribution >= 0.6 is 22.9 Å². The highest BCUT2D eigenvalue weighted by Crippen LogP contribution is 2.21. The minimum absolute atomic E-state index is 0.127. The second kappa shape index (κ2) is 6.72. The van der Waals surface area contributed by atoms with Gasteiger partial charge in [0.15, 0.2) is 0 Å². The van der Waals surface area contributed by atoms with Crippen molar-refractivity contribution in [1.82, 2.24) is 10.2 Å². The van der Waals surface area contributed by atoms with E-state index in [1.165, 1.54) is 0 Å². The van der Waals surface area contributed by atoms with Gasteiger partial charge in [-0.2, -0.15) is 11.3 Å². The number of hydrogen-bond donors (Lipinski definition) is 1. The number of rotatable bonds is 5. The molecular weight excluding hydrogens is 322 g/mol. The molecule has 112 valence electrons. The summed E-state index contributed by atoms with van der Waals surface area (Å²) in [5.41, 5.74) is 1.56. The molecule has 0 radical (unpaired) electrons. The van der Waals surface area contributed by atoms with Crippen molar-refractivity contribution in [3.8, 4) is 11.5 Å². The molecule has 0 aliphatic heterocycles. The molecule has 0 saturated carbocycles. The third-order valence-electron chi connectivity index (χ3n) is 2.91. The highest BCUT2D eigenvalue weighted by molar-refractivity contribution is 7.08. The zero-order valence-corrected chi connectivity index (χ0v) is 13.0. The van der Waals surface area contributed by atoms with Crippen molar-refractivity contribution >= 4 is 34.5 Å². The summed E-state index contributed by atoms with van der Waals surface area (Å²) in [5.74, 6) is 0.798. The zero-order chi connectivity index (χ0) is 15.4. The molecule has 0 fully saturated rings. The summed E-state index contributed by atoms with van der Waals surface area (Å²) < 4.78 is 5.53. The van der Waals surface area contributed by atoms with Crippen LogP contribution in [0.15, 0.2) is 45.5 Å². The number of nitrogens with zero attached hydrogens (tertiary/aromatic N) is 2. The Morgan fingerprint density at radius 1 is 1.32 bits per heavy atom. The summed E-state index contributed by atoms with van der Waals surface area (Å²) in [6, 6.07) is 8.92. The fraction of sp³-hybridized carbons (Fsp3) is 0.133. The van der Waals surface area contributed by atoms with Gasteiger partial charge in [0, 0.05) is 34.5 Å². The smallest absolute Gasteiger partial charge is 0.248 e. The van der Waals surface area contributed by atoms with Crippen LogP contribution in [0.4, 0.5) is 5.69 Å². The summed E-state index contributed by atoms with van der Waals surface area (Å²) in [4.78, 5) is 11.9. The number of hydrogen-bond acceptors (Lipinski definition) is 5. The Morgan fingerprint density at radius 2 is 2.23 bits per heavy atom. The SMILES string of the molecule is O=C(CCc1nnc(-c2ccsc2)o1)Nc1cccc(Cl)c1. The van der Waals surface area contributed by atoms with Crippen LogP contribution in [-0.2, 0) is 11.2 Å². The molecule has 2 heterocycles. The van der Waals surface area contributed by atoms with Crippen molar-refractivity contribution in [3.05, 3.63) is 52.0 Å². The van der Waals surface area contributed by atoms with E-state index in [2.05, 4.69) is 15.5 Å². The second-order valence-electron chi connectivity index (χ2n) is 4.57. The molecule has 0 aliphatic rings. The molecule has 0 atom stereocenters.